The quantitative estimate of drug-likeness (QED) is 0.496. The summed E-state index contributed by atoms with van der Waals surface area (Å²) in [6.07, 6.45) is 2.00. The van der Waals surface area contributed by atoms with Crippen molar-refractivity contribution in [2.24, 2.45) is 7.05 Å². The van der Waals surface area contributed by atoms with Crippen LogP contribution in [0.1, 0.15) is 11.7 Å². The number of carbonyl (C=O) groups is 2. The molecule has 1 saturated heterocycles. The van der Waals surface area contributed by atoms with Gasteiger partial charge < -0.3 is 24.8 Å². The van der Waals surface area contributed by atoms with E-state index in [9.17, 15) is 9.59 Å². The van der Waals surface area contributed by atoms with Crippen molar-refractivity contribution in [3.8, 4) is 0 Å². The average molecular weight is 351 g/mol. The molecule has 2 amide bonds. The van der Waals surface area contributed by atoms with Crippen molar-refractivity contribution >= 4 is 11.8 Å². The van der Waals surface area contributed by atoms with Gasteiger partial charge >= 0.3 is 11.8 Å². The lowest BCUT2D eigenvalue weighted by molar-refractivity contribution is -0.139. The summed E-state index contributed by atoms with van der Waals surface area (Å²) in [4.78, 5) is 28.5. The summed E-state index contributed by atoms with van der Waals surface area (Å²) in [6.45, 7) is 4.95. The Balaban J connectivity index is 1.96. The summed E-state index contributed by atoms with van der Waals surface area (Å²) in [7, 11) is 5.66. The van der Waals surface area contributed by atoms with Gasteiger partial charge in [-0.05, 0) is 19.2 Å². The van der Waals surface area contributed by atoms with E-state index in [1.165, 1.54) is 0 Å². The van der Waals surface area contributed by atoms with Crippen LogP contribution in [0.4, 0.5) is 0 Å². The van der Waals surface area contributed by atoms with Crippen LogP contribution in [-0.2, 0) is 21.4 Å². The van der Waals surface area contributed by atoms with Gasteiger partial charge in [0.1, 0.15) is 0 Å². The summed E-state index contributed by atoms with van der Waals surface area (Å²) in [5, 5.41) is 5.31. The third kappa shape index (κ3) is 5.55. The van der Waals surface area contributed by atoms with Gasteiger partial charge in [0, 0.05) is 65.3 Å². The first-order valence-electron chi connectivity index (χ1n) is 8.61. The van der Waals surface area contributed by atoms with Crippen LogP contribution >= 0.6 is 0 Å². The van der Waals surface area contributed by atoms with Gasteiger partial charge in [-0.3, -0.25) is 14.5 Å². The molecule has 0 bridgehead atoms. The van der Waals surface area contributed by atoms with E-state index in [-0.39, 0.29) is 6.04 Å². The molecule has 0 aliphatic carbocycles. The van der Waals surface area contributed by atoms with Crippen LogP contribution in [0.5, 0.6) is 0 Å². The van der Waals surface area contributed by atoms with Crippen LogP contribution in [-0.4, -0.2) is 86.2 Å². The number of aryl methyl sites for hydroxylation is 1. The number of nitrogens with zero attached hydrogens (tertiary/aromatic N) is 3. The second-order valence-corrected chi connectivity index (χ2v) is 6.36. The van der Waals surface area contributed by atoms with E-state index in [0.29, 0.717) is 19.7 Å². The number of piperazine rings is 1. The highest BCUT2D eigenvalue weighted by Crippen LogP contribution is 2.21. The summed E-state index contributed by atoms with van der Waals surface area (Å²) >= 11 is 0. The van der Waals surface area contributed by atoms with E-state index in [1.54, 1.807) is 7.11 Å². The molecule has 1 fully saturated rings. The molecular weight excluding hydrogens is 322 g/mol. The minimum atomic E-state index is -0.624. The number of hydrogen-bond donors (Lipinski definition) is 2. The van der Waals surface area contributed by atoms with Crippen LogP contribution in [0.25, 0.3) is 0 Å². The van der Waals surface area contributed by atoms with Gasteiger partial charge in [-0.1, -0.05) is 0 Å². The Bertz CT molecular complexity index is 566. The number of aromatic nitrogens is 1. The Kier molecular flexibility index (Phi) is 7.42. The molecule has 1 aliphatic rings. The van der Waals surface area contributed by atoms with Gasteiger partial charge in [0.2, 0.25) is 0 Å². The predicted octanol–water partition coefficient (Wildman–Crippen LogP) is -0.808. The third-order valence-electron chi connectivity index (χ3n) is 4.56. The molecule has 1 atom stereocenters. The highest BCUT2D eigenvalue weighted by atomic mass is 16.5. The SMILES string of the molecule is COCCNC(=O)C(=O)NCC(c1cccn1C)N1CCN(C)CC1. The van der Waals surface area contributed by atoms with Gasteiger partial charge in [-0.2, -0.15) is 0 Å². The molecule has 1 aromatic rings. The largest absolute Gasteiger partial charge is 0.383 e. The van der Waals surface area contributed by atoms with Crippen molar-refractivity contribution in [2.45, 2.75) is 6.04 Å². The zero-order valence-corrected chi connectivity index (χ0v) is 15.3. The minimum Gasteiger partial charge on any atom is -0.383 e. The molecule has 1 aliphatic heterocycles. The van der Waals surface area contributed by atoms with E-state index in [2.05, 4.69) is 38.1 Å². The molecule has 2 rings (SSSR count). The second kappa shape index (κ2) is 9.55. The molecule has 140 valence electrons. The number of ether oxygens (including phenoxy) is 1. The molecule has 25 heavy (non-hydrogen) atoms. The molecule has 0 aromatic carbocycles. The number of nitrogens with one attached hydrogen (secondary N) is 2. The lowest BCUT2D eigenvalue weighted by Crippen LogP contribution is -2.50. The van der Waals surface area contributed by atoms with E-state index in [1.807, 2.05) is 19.3 Å². The molecular formula is C17H29N5O3. The fourth-order valence-electron chi connectivity index (χ4n) is 2.99. The Hall–Kier alpha value is -1.90. The van der Waals surface area contributed by atoms with Crippen LogP contribution in [0.2, 0.25) is 0 Å². The van der Waals surface area contributed by atoms with Crippen molar-refractivity contribution in [1.82, 2.24) is 25.0 Å². The topological polar surface area (TPSA) is 78.8 Å². The van der Waals surface area contributed by atoms with Crippen LogP contribution < -0.4 is 10.6 Å². The standard InChI is InChI=1S/C17H29N5O3/c1-20-8-10-22(11-9-20)15(14-5-4-7-21(14)2)13-19-17(24)16(23)18-6-12-25-3/h4-5,7,15H,6,8-13H2,1-3H3,(H,18,23)(H,19,24). The maximum Gasteiger partial charge on any atom is 0.309 e. The van der Waals surface area contributed by atoms with Crippen molar-refractivity contribution < 1.29 is 14.3 Å². The summed E-state index contributed by atoms with van der Waals surface area (Å²) in [6, 6.07) is 4.11. The number of rotatable bonds is 7. The highest BCUT2D eigenvalue weighted by Gasteiger charge is 2.26. The number of carbonyl (C=O) groups excluding carboxylic acids is 2. The third-order valence-corrected chi connectivity index (χ3v) is 4.56. The summed E-state index contributed by atoms with van der Waals surface area (Å²) < 4.78 is 6.92. The Labute approximate surface area is 149 Å². The van der Waals surface area contributed by atoms with Gasteiger partial charge in [-0.25, -0.2) is 0 Å². The number of likely N-dealkylation sites (N-methyl/N-ethyl adjacent to an activating group) is 1. The highest BCUT2D eigenvalue weighted by molar-refractivity contribution is 6.35. The predicted molar refractivity (Wildman–Crippen MR) is 95.1 cm³/mol. The van der Waals surface area contributed by atoms with Crippen LogP contribution in [0, 0.1) is 0 Å². The first kappa shape index (κ1) is 19.4. The van der Waals surface area contributed by atoms with Crippen molar-refractivity contribution in [1.29, 1.82) is 0 Å². The summed E-state index contributed by atoms with van der Waals surface area (Å²) in [5.74, 6) is -1.23. The smallest absolute Gasteiger partial charge is 0.309 e. The number of amides is 2. The van der Waals surface area contributed by atoms with Gasteiger partial charge in [-0.15, -0.1) is 0 Å². The molecule has 1 aromatic heterocycles. The molecule has 8 nitrogen and oxygen atoms in total. The maximum absolute atomic E-state index is 12.0. The minimum absolute atomic E-state index is 0.0458. The molecule has 0 saturated carbocycles. The summed E-state index contributed by atoms with van der Waals surface area (Å²) in [5.41, 5.74) is 1.13. The maximum atomic E-state index is 12.0. The fraction of sp³-hybridized carbons (Fsp3) is 0.647. The van der Waals surface area contributed by atoms with Gasteiger partial charge in [0.15, 0.2) is 0 Å². The van der Waals surface area contributed by atoms with E-state index >= 15 is 0 Å². The van der Waals surface area contributed by atoms with E-state index in [4.69, 9.17) is 4.74 Å². The zero-order valence-electron chi connectivity index (χ0n) is 15.3. The van der Waals surface area contributed by atoms with E-state index in [0.717, 1.165) is 31.9 Å². The molecule has 1 unspecified atom stereocenters. The van der Waals surface area contributed by atoms with Crippen molar-refractivity contribution in [3.05, 3.63) is 24.0 Å². The van der Waals surface area contributed by atoms with Crippen molar-refractivity contribution in [2.75, 3.05) is 60.0 Å². The Morgan fingerprint density at radius 2 is 1.84 bits per heavy atom. The van der Waals surface area contributed by atoms with Gasteiger partial charge in [0.05, 0.1) is 12.6 Å². The first-order valence-corrected chi connectivity index (χ1v) is 8.61. The van der Waals surface area contributed by atoms with Crippen molar-refractivity contribution in [3.63, 3.8) is 0 Å². The van der Waals surface area contributed by atoms with Crippen LogP contribution in [0.3, 0.4) is 0 Å². The normalized spacial score (nSPS) is 17.2. The number of hydrogen-bond acceptors (Lipinski definition) is 5. The molecule has 8 heteroatoms. The molecule has 2 heterocycles. The van der Waals surface area contributed by atoms with E-state index < -0.39 is 11.8 Å². The first-order chi connectivity index (χ1) is 12.0. The lowest BCUT2D eigenvalue weighted by Gasteiger charge is -2.38. The monoisotopic (exact) mass is 351 g/mol. The molecule has 0 radical (unpaired) electrons. The molecule has 2 N–H and O–H groups in total. The second-order valence-electron chi connectivity index (χ2n) is 6.36. The zero-order chi connectivity index (χ0) is 18.2. The number of methoxy groups -OCH3 is 1. The fourth-order valence-corrected chi connectivity index (χ4v) is 2.99. The lowest BCUT2D eigenvalue weighted by atomic mass is 10.1. The van der Waals surface area contributed by atoms with Gasteiger partial charge in [0.25, 0.3) is 0 Å². The average Bonchev–Trinajstić information content (AvgIpc) is 3.02. The van der Waals surface area contributed by atoms with Crippen LogP contribution in [0.15, 0.2) is 18.3 Å². The molecule has 0 spiro atoms. The Morgan fingerprint density at radius 3 is 2.44 bits per heavy atom. The Morgan fingerprint density at radius 1 is 1.16 bits per heavy atom.